The minimum atomic E-state index is -0.622. The first-order chi connectivity index (χ1) is 16.9. The number of piperidine rings is 1. The minimum Gasteiger partial charge on any atom is -0.508 e. The van der Waals surface area contributed by atoms with Gasteiger partial charge in [0.1, 0.15) is 17.3 Å². The molecule has 1 aliphatic rings. The average Bonchev–Trinajstić information content (AvgIpc) is 3.34. The Morgan fingerprint density at radius 2 is 1.89 bits per heavy atom. The lowest BCUT2D eigenvalue weighted by atomic mass is 9.97. The summed E-state index contributed by atoms with van der Waals surface area (Å²) in [5.74, 6) is -1.07. The van der Waals surface area contributed by atoms with Crippen LogP contribution in [0.2, 0.25) is 5.02 Å². The molecule has 0 unspecified atom stereocenters. The molecule has 0 spiro atoms. The van der Waals surface area contributed by atoms with E-state index in [0.717, 1.165) is 15.8 Å². The van der Waals surface area contributed by atoms with E-state index in [1.165, 1.54) is 29.5 Å². The predicted octanol–water partition coefficient (Wildman–Crippen LogP) is 6.07. The van der Waals surface area contributed by atoms with Gasteiger partial charge in [0, 0.05) is 35.5 Å². The van der Waals surface area contributed by atoms with Crippen LogP contribution in [0.3, 0.4) is 0 Å². The lowest BCUT2D eigenvalue weighted by molar-refractivity contribution is 0.0708. The number of amides is 2. The van der Waals surface area contributed by atoms with Crippen molar-refractivity contribution in [2.24, 2.45) is 0 Å². The Morgan fingerprint density at radius 3 is 2.66 bits per heavy atom. The van der Waals surface area contributed by atoms with Crippen LogP contribution in [0.4, 0.5) is 10.1 Å². The third kappa shape index (κ3) is 4.72. The number of halogens is 2. The summed E-state index contributed by atoms with van der Waals surface area (Å²) >= 11 is 7.47. The highest BCUT2D eigenvalue weighted by Crippen LogP contribution is 2.32. The molecule has 2 heterocycles. The predicted molar refractivity (Wildman–Crippen MR) is 135 cm³/mol. The number of benzene rings is 3. The number of carbonyl (C=O) groups is 2. The quantitative estimate of drug-likeness (QED) is 0.350. The topological polar surface area (TPSA) is 82.5 Å². The van der Waals surface area contributed by atoms with Crippen molar-refractivity contribution in [3.63, 3.8) is 0 Å². The number of phenolic OH excluding ortho intramolecular Hbond substituents is 1. The largest absolute Gasteiger partial charge is 0.508 e. The molecule has 0 aliphatic carbocycles. The Balaban J connectivity index is 1.24. The number of likely N-dealkylation sites (tertiary alicyclic amines) is 1. The van der Waals surface area contributed by atoms with Crippen molar-refractivity contribution in [3.05, 3.63) is 87.1 Å². The molecular weight excluding hydrogens is 489 g/mol. The third-order valence-electron chi connectivity index (χ3n) is 6.17. The molecule has 178 valence electrons. The van der Waals surface area contributed by atoms with Crippen LogP contribution in [0.5, 0.6) is 5.75 Å². The van der Waals surface area contributed by atoms with E-state index in [-0.39, 0.29) is 28.2 Å². The molecule has 1 saturated heterocycles. The Hall–Kier alpha value is -3.49. The van der Waals surface area contributed by atoms with E-state index < -0.39 is 11.7 Å². The van der Waals surface area contributed by atoms with Gasteiger partial charge in [0.2, 0.25) is 0 Å². The van der Waals surface area contributed by atoms with Gasteiger partial charge in [0.25, 0.3) is 11.8 Å². The summed E-state index contributed by atoms with van der Waals surface area (Å²) in [5.41, 5.74) is 0.877. The van der Waals surface area contributed by atoms with Crippen molar-refractivity contribution < 1.29 is 19.1 Å². The minimum absolute atomic E-state index is 0.0931. The maximum absolute atomic E-state index is 14.1. The second kappa shape index (κ2) is 9.64. The summed E-state index contributed by atoms with van der Waals surface area (Å²) in [6, 6.07) is 14.7. The first-order valence-corrected chi connectivity index (χ1v) is 12.4. The van der Waals surface area contributed by atoms with Crippen molar-refractivity contribution in [2.45, 2.75) is 18.8 Å². The van der Waals surface area contributed by atoms with Crippen molar-refractivity contribution in [3.8, 4) is 5.75 Å². The van der Waals surface area contributed by atoms with Gasteiger partial charge in [-0.1, -0.05) is 29.8 Å². The van der Waals surface area contributed by atoms with E-state index in [0.29, 0.717) is 37.3 Å². The second-order valence-electron chi connectivity index (χ2n) is 8.40. The zero-order valence-electron chi connectivity index (χ0n) is 18.5. The molecule has 0 saturated carbocycles. The van der Waals surface area contributed by atoms with Crippen molar-refractivity contribution >= 4 is 51.2 Å². The molecule has 4 aromatic rings. The number of aromatic nitrogens is 1. The second-order valence-corrected chi connectivity index (χ2v) is 9.70. The summed E-state index contributed by atoms with van der Waals surface area (Å²) in [6.07, 6.45) is 1.33. The molecule has 2 amide bonds. The molecule has 0 bridgehead atoms. The van der Waals surface area contributed by atoms with Gasteiger partial charge in [-0.15, -0.1) is 11.3 Å². The summed E-state index contributed by atoms with van der Waals surface area (Å²) in [4.78, 5) is 31.8. The lowest BCUT2D eigenvalue weighted by Crippen LogP contribution is -2.38. The van der Waals surface area contributed by atoms with E-state index in [2.05, 4.69) is 10.3 Å². The number of hydrogen-bond donors (Lipinski definition) is 2. The third-order valence-corrected chi connectivity index (χ3v) is 7.50. The number of rotatable bonds is 4. The SMILES string of the molecule is O=C(Nc1cccc2cc(O)ccc12)c1csc(C2CCN(C(=O)c3c(F)cccc3Cl)CC2)n1. The van der Waals surface area contributed by atoms with Crippen LogP contribution < -0.4 is 5.32 Å². The Labute approximate surface area is 210 Å². The maximum Gasteiger partial charge on any atom is 0.275 e. The number of phenols is 1. The number of anilines is 1. The molecule has 6 nitrogen and oxygen atoms in total. The van der Waals surface area contributed by atoms with E-state index in [9.17, 15) is 19.1 Å². The first kappa shape index (κ1) is 23.3. The number of aromatic hydroxyl groups is 1. The number of carbonyl (C=O) groups excluding carboxylic acids is 2. The van der Waals surface area contributed by atoms with Gasteiger partial charge in [-0.25, -0.2) is 9.37 Å². The molecule has 2 N–H and O–H groups in total. The van der Waals surface area contributed by atoms with Gasteiger partial charge >= 0.3 is 0 Å². The van der Waals surface area contributed by atoms with E-state index >= 15 is 0 Å². The number of nitrogens with zero attached hydrogens (tertiary/aromatic N) is 2. The van der Waals surface area contributed by atoms with Crippen LogP contribution in [0.15, 0.2) is 60.0 Å². The standard InChI is InChI=1S/C26H21ClFN3O3S/c27-19-4-2-5-20(28)23(19)26(34)31-11-9-15(10-12-31)25-30-22(14-35-25)24(33)29-21-6-1-3-16-13-17(32)7-8-18(16)21/h1-8,13-15,32H,9-12H2,(H,29,33). The molecule has 5 rings (SSSR count). The normalized spacial score (nSPS) is 14.3. The van der Waals surface area contributed by atoms with Gasteiger partial charge in [0.15, 0.2) is 0 Å². The van der Waals surface area contributed by atoms with Crippen LogP contribution in [0.1, 0.15) is 44.6 Å². The first-order valence-electron chi connectivity index (χ1n) is 11.1. The Kier molecular flexibility index (Phi) is 6.40. The number of nitrogens with one attached hydrogen (secondary N) is 1. The molecular formula is C26H21ClFN3O3S. The zero-order valence-corrected chi connectivity index (χ0v) is 20.1. The highest BCUT2D eigenvalue weighted by atomic mass is 35.5. The van der Waals surface area contributed by atoms with Crippen molar-refractivity contribution in [1.82, 2.24) is 9.88 Å². The van der Waals surface area contributed by atoms with E-state index in [4.69, 9.17) is 11.6 Å². The molecule has 35 heavy (non-hydrogen) atoms. The zero-order chi connectivity index (χ0) is 24.5. The molecule has 0 atom stereocenters. The van der Waals surface area contributed by atoms with Gasteiger partial charge in [-0.05, 0) is 54.6 Å². The average molecular weight is 510 g/mol. The van der Waals surface area contributed by atoms with Crippen LogP contribution in [0.25, 0.3) is 10.8 Å². The molecule has 0 radical (unpaired) electrons. The fourth-order valence-electron chi connectivity index (χ4n) is 4.34. The number of fused-ring (bicyclic) bond motifs is 1. The monoisotopic (exact) mass is 509 g/mol. The highest BCUT2D eigenvalue weighted by Gasteiger charge is 2.29. The molecule has 1 fully saturated rings. The number of thiazole rings is 1. The van der Waals surface area contributed by atoms with Gasteiger partial charge in [-0.3, -0.25) is 9.59 Å². The summed E-state index contributed by atoms with van der Waals surface area (Å²) in [7, 11) is 0. The molecule has 3 aromatic carbocycles. The lowest BCUT2D eigenvalue weighted by Gasteiger charge is -2.31. The van der Waals surface area contributed by atoms with E-state index in [1.54, 1.807) is 34.5 Å². The fraction of sp³-hybridized carbons (Fsp3) is 0.192. The summed E-state index contributed by atoms with van der Waals surface area (Å²) < 4.78 is 14.1. The Morgan fingerprint density at radius 1 is 1.11 bits per heavy atom. The van der Waals surface area contributed by atoms with Crippen LogP contribution in [-0.2, 0) is 0 Å². The van der Waals surface area contributed by atoms with Crippen LogP contribution in [-0.4, -0.2) is 39.9 Å². The number of hydrogen-bond acceptors (Lipinski definition) is 5. The fourth-order valence-corrected chi connectivity index (χ4v) is 5.55. The summed E-state index contributed by atoms with van der Waals surface area (Å²) in [6.45, 7) is 0.913. The molecule has 1 aliphatic heterocycles. The van der Waals surface area contributed by atoms with Gasteiger partial charge < -0.3 is 15.3 Å². The van der Waals surface area contributed by atoms with Crippen LogP contribution >= 0.6 is 22.9 Å². The highest BCUT2D eigenvalue weighted by molar-refractivity contribution is 7.10. The molecule has 1 aromatic heterocycles. The van der Waals surface area contributed by atoms with Gasteiger partial charge in [-0.2, -0.15) is 0 Å². The van der Waals surface area contributed by atoms with Crippen LogP contribution in [0, 0.1) is 5.82 Å². The smallest absolute Gasteiger partial charge is 0.275 e. The Bertz CT molecular complexity index is 1410. The van der Waals surface area contributed by atoms with Gasteiger partial charge in [0.05, 0.1) is 15.6 Å². The molecule has 9 heteroatoms. The van der Waals surface area contributed by atoms with Crippen molar-refractivity contribution in [2.75, 3.05) is 18.4 Å². The summed E-state index contributed by atoms with van der Waals surface area (Å²) in [5, 5.41) is 16.9. The maximum atomic E-state index is 14.1. The van der Waals surface area contributed by atoms with Crippen molar-refractivity contribution in [1.29, 1.82) is 0 Å². The van der Waals surface area contributed by atoms with E-state index in [1.807, 2.05) is 12.1 Å².